The molecular weight excluding hydrogens is 504 g/mol. The molecule has 7 nitrogen and oxygen atoms in total. The fraction of sp³-hybridized carbons (Fsp3) is 0.212. The summed E-state index contributed by atoms with van der Waals surface area (Å²) in [6.45, 7) is 4.64. The van der Waals surface area contributed by atoms with Crippen LogP contribution in [0.2, 0.25) is 0 Å². The minimum atomic E-state index is -0.943. The molecule has 0 radical (unpaired) electrons. The fourth-order valence-corrected chi connectivity index (χ4v) is 5.44. The van der Waals surface area contributed by atoms with Crippen molar-refractivity contribution in [3.8, 4) is 11.5 Å². The average Bonchev–Trinajstić information content (AvgIpc) is 3.49. The SMILES string of the molecule is CCOc1cc([C@H]2[C@H]3C(=O)N(c4ccccc4C)C(=O)[C@@H]3ON2c2ccccc2)ccc1OCc1ccccc1. The number of carbonyl (C=O) groups excluding carboxylic acids is 2. The smallest absolute Gasteiger partial charge is 0.266 e. The van der Waals surface area contributed by atoms with Crippen molar-refractivity contribution in [2.45, 2.75) is 32.6 Å². The molecule has 4 aromatic rings. The fourth-order valence-electron chi connectivity index (χ4n) is 5.44. The Labute approximate surface area is 233 Å². The van der Waals surface area contributed by atoms with Gasteiger partial charge in [0, 0.05) is 0 Å². The maximum atomic E-state index is 14.0. The number of anilines is 2. The van der Waals surface area contributed by atoms with Gasteiger partial charge < -0.3 is 9.47 Å². The highest BCUT2D eigenvalue weighted by molar-refractivity contribution is 6.24. The summed E-state index contributed by atoms with van der Waals surface area (Å²) in [7, 11) is 0. The topological polar surface area (TPSA) is 68.3 Å². The van der Waals surface area contributed by atoms with E-state index in [1.54, 1.807) is 11.1 Å². The molecule has 0 aliphatic carbocycles. The highest BCUT2D eigenvalue weighted by Crippen LogP contribution is 2.49. The van der Waals surface area contributed by atoms with Crippen molar-refractivity contribution in [1.82, 2.24) is 0 Å². The molecule has 0 spiro atoms. The van der Waals surface area contributed by atoms with E-state index in [2.05, 4.69) is 0 Å². The number of nitrogens with zero attached hydrogens (tertiary/aromatic N) is 2. The van der Waals surface area contributed by atoms with Gasteiger partial charge in [-0.05, 0) is 60.9 Å². The number of hydroxylamine groups is 1. The Hall–Kier alpha value is -4.62. The van der Waals surface area contributed by atoms with Gasteiger partial charge in [-0.25, -0.2) is 9.96 Å². The Kier molecular flexibility index (Phi) is 6.97. The normalized spacial score (nSPS) is 20.1. The van der Waals surface area contributed by atoms with Crippen molar-refractivity contribution in [1.29, 1.82) is 0 Å². The first-order valence-corrected chi connectivity index (χ1v) is 13.4. The number of ether oxygens (including phenoxy) is 2. The van der Waals surface area contributed by atoms with E-state index in [0.717, 1.165) is 22.4 Å². The van der Waals surface area contributed by atoms with Crippen molar-refractivity contribution in [2.75, 3.05) is 16.6 Å². The van der Waals surface area contributed by atoms with E-state index in [9.17, 15) is 9.59 Å². The third-order valence-corrected chi connectivity index (χ3v) is 7.33. The molecule has 2 aliphatic rings. The monoisotopic (exact) mass is 534 g/mol. The molecule has 0 bridgehead atoms. The molecule has 0 saturated carbocycles. The van der Waals surface area contributed by atoms with Gasteiger partial charge in [0.05, 0.1) is 24.0 Å². The second kappa shape index (κ2) is 10.9. The van der Waals surface area contributed by atoms with Crippen LogP contribution in [0.4, 0.5) is 11.4 Å². The number of hydrogen-bond donors (Lipinski definition) is 0. The quantitative estimate of drug-likeness (QED) is 0.258. The van der Waals surface area contributed by atoms with Crippen LogP contribution in [0, 0.1) is 12.8 Å². The molecule has 2 heterocycles. The molecule has 2 saturated heterocycles. The van der Waals surface area contributed by atoms with Gasteiger partial charge in [-0.1, -0.05) is 72.8 Å². The van der Waals surface area contributed by atoms with E-state index in [4.69, 9.17) is 14.3 Å². The van der Waals surface area contributed by atoms with Gasteiger partial charge in [-0.15, -0.1) is 0 Å². The first kappa shape index (κ1) is 25.6. The Bertz CT molecular complexity index is 1520. The van der Waals surface area contributed by atoms with E-state index in [-0.39, 0.29) is 11.8 Å². The summed E-state index contributed by atoms with van der Waals surface area (Å²) in [6.07, 6.45) is -0.943. The Balaban J connectivity index is 1.38. The van der Waals surface area contributed by atoms with Crippen LogP contribution in [0.25, 0.3) is 0 Å². The molecule has 2 aliphatic heterocycles. The first-order valence-electron chi connectivity index (χ1n) is 13.4. The van der Waals surface area contributed by atoms with E-state index in [0.29, 0.717) is 30.4 Å². The third-order valence-electron chi connectivity index (χ3n) is 7.33. The molecule has 3 atom stereocenters. The predicted octanol–water partition coefficient (Wildman–Crippen LogP) is 6.02. The van der Waals surface area contributed by atoms with Gasteiger partial charge in [-0.2, -0.15) is 0 Å². The summed E-state index contributed by atoms with van der Waals surface area (Å²) in [5.74, 6) is -0.208. The van der Waals surface area contributed by atoms with Crippen molar-refractivity contribution in [2.24, 2.45) is 5.92 Å². The lowest BCUT2D eigenvalue weighted by molar-refractivity contribution is -0.126. The Morgan fingerprint density at radius 1 is 0.775 bits per heavy atom. The molecule has 0 N–H and O–H groups in total. The van der Waals surface area contributed by atoms with Crippen LogP contribution < -0.4 is 19.4 Å². The zero-order chi connectivity index (χ0) is 27.6. The van der Waals surface area contributed by atoms with Crippen molar-refractivity contribution in [3.05, 3.63) is 120 Å². The number of hydrogen-bond acceptors (Lipinski definition) is 6. The zero-order valence-corrected chi connectivity index (χ0v) is 22.4. The summed E-state index contributed by atoms with van der Waals surface area (Å²) < 4.78 is 12.1. The van der Waals surface area contributed by atoms with Crippen molar-refractivity contribution in [3.63, 3.8) is 0 Å². The predicted molar refractivity (Wildman–Crippen MR) is 152 cm³/mol. The van der Waals surface area contributed by atoms with Crippen LogP contribution in [0.1, 0.15) is 29.7 Å². The van der Waals surface area contributed by atoms with Gasteiger partial charge in [0.1, 0.15) is 12.5 Å². The minimum Gasteiger partial charge on any atom is -0.490 e. The molecular formula is C33H30N2O5. The van der Waals surface area contributed by atoms with Gasteiger partial charge in [0.25, 0.3) is 5.91 Å². The zero-order valence-electron chi connectivity index (χ0n) is 22.4. The summed E-state index contributed by atoms with van der Waals surface area (Å²) in [4.78, 5) is 35.2. The lowest BCUT2D eigenvalue weighted by atomic mass is 9.90. The number of amides is 2. The number of benzene rings is 4. The second-order valence-electron chi connectivity index (χ2n) is 9.87. The van der Waals surface area contributed by atoms with Crippen LogP contribution in [-0.4, -0.2) is 24.5 Å². The van der Waals surface area contributed by atoms with Crippen LogP contribution in [0.5, 0.6) is 11.5 Å². The maximum Gasteiger partial charge on any atom is 0.266 e. The summed E-state index contributed by atoms with van der Waals surface area (Å²) in [6, 6.07) is 32.0. The minimum absolute atomic E-state index is 0.282. The number of aryl methyl sites for hydroxylation is 1. The van der Waals surface area contributed by atoms with Crippen LogP contribution in [0.15, 0.2) is 103 Å². The second-order valence-corrected chi connectivity index (χ2v) is 9.87. The number of fused-ring (bicyclic) bond motifs is 1. The Morgan fingerprint density at radius 2 is 1.48 bits per heavy atom. The van der Waals surface area contributed by atoms with Gasteiger partial charge in [-0.3, -0.25) is 14.4 Å². The standard InChI is InChI=1S/C33H30N2O5/c1-3-38-28-20-24(18-19-27(28)39-21-23-13-6-4-7-14-23)30-29-31(40-35(30)25-15-8-5-9-16-25)33(37)34(32(29)36)26-17-11-10-12-22(26)2/h4-20,29-31H,3,21H2,1-2H3/t29-,30+,31-/m1/s1. The van der Waals surface area contributed by atoms with Crippen molar-refractivity contribution >= 4 is 23.2 Å². The third kappa shape index (κ3) is 4.58. The molecule has 6 rings (SSSR count). The maximum absolute atomic E-state index is 14.0. The average molecular weight is 535 g/mol. The van der Waals surface area contributed by atoms with Crippen LogP contribution >= 0.6 is 0 Å². The molecule has 40 heavy (non-hydrogen) atoms. The molecule has 2 amide bonds. The van der Waals surface area contributed by atoms with Crippen molar-refractivity contribution < 1.29 is 23.9 Å². The molecule has 0 unspecified atom stereocenters. The van der Waals surface area contributed by atoms with E-state index in [1.165, 1.54) is 4.90 Å². The van der Waals surface area contributed by atoms with Gasteiger partial charge in [0.2, 0.25) is 5.91 Å². The molecule has 7 heteroatoms. The summed E-state index contributed by atoms with van der Waals surface area (Å²) in [5.41, 5.74) is 4.02. The Morgan fingerprint density at radius 3 is 2.20 bits per heavy atom. The van der Waals surface area contributed by atoms with Crippen LogP contribution in [-0.2, 0) is 21.0 Å². The molecule has 202 valence electrons. The van der Waals surface area contributed by atoms with E-state index < -0.39 is 18.1 Å². The van der Waals surface area contributed by atoms with E-state index in [1.807, 2.05) is 111 Å². The van der Waals surface area contributed by atoms with Gasteiger partial charge in [0.15, 0.2) is 17.6 Å². The lowest BCUT2D eigenvalue weighted by Gasteiger charge is -2.29. The number of carbonyl (C=O) groups is 2. The first-order chi connectivity index (χ1) is 19.6. The summed E-state index contributed by atoms with van der Waals surface area (Å²) >= 11 is 0. The van der Waals surface area contributed by atoms with Gasteiger partial charge >= 0.3 is 0 Å². The van der Waals surface area contributed by atoms with Crippen LogP contribution in [0.3, 0.4) is 0 Å². The number of rotatable bonds is 8. The molecule has 0 aromatic heterocycles. The van der Waals surface area contributed by atoms with E-state index >= 15 is 0 Å². The largest absolute Gasteiger partial charge is 0.490 e. The number of imide groups is 1. The number of para-hydroxylation sites is 2. The molecule has 2 fully saturated rings. The lowest BCUT2D eigenvalue weighted by Crippen LogP contribution is -2.37. The molecule has 4 aromatic carbocycles. The summed E-state index contributed by atoms with van der Waals surface area (Å²) in [5, 5.41) is 1.69. The highest BCUT2D eigenvalue weighted by atomic mass is 16.7. The highest BCUT2D eigenvalue weighted by Gasteiger charge is 2.60.